The number of rotatable bonds is 12. The van der Waals surface area contributed by atoms with Crippen LogP contribution in [-0.2, 0) is 17.8 Å². The van der Waals surface area contributed by atoms with Crippen molar-refractivity contribution in [1.29, 1.82) is 0 Å². The molecule has 38 heavy (non-hydrogen) atoms. The Bertz CT molecular complexity index is 1280. The third-order valence-electron chi connectivity index (χ3n) is 5.91. The average molecular weight is 560 g/mol. The molecule has 0 unspecified atom stereocenters. The van der Waals surface area contributed by atoms with Gasteiger partial charge in [0.25, 0.3) is 0 Å². The number of urea groups is 1. The van der Waals surface area contributed by atoms with Gasteiger partial charge in [0.2, 0.25) is 5.91 Å². The molecule has 3 amide bonds. The summed E-state index contributed by atoms with van der Waals surface area (Å²) in [7, 11) is 3.16. The van der Waals surface area contributed by atoms with Crippen molar-refractivity contribution in [2.24, 2.45) is 0 Å². The number of thiophene rings is 1. The number of nitrogens with one attached hydrogen (secondary N) is 1. The first-order valence-corrected chi connectivity index (χ1v) is 13.1. The molecule has 7 nitrogen and oxygen atoms in total. The number of ether oxygens (including phenoxy) is 2. The van der Waals surface area contributed by atoms with Crippen molar-refractivity contribution in [2.45, 2.75) is 19.9 Å². The predicted octanol–water partition coefficient (Wildman–Crippen LogP) is 6.16. The van der Waals surface area contributed by atoms with Gasteiger partial charge in [0.1, 0.15) is 12.4 Å². The van der Waals surface area contributed by atoms with Gasteiger partial charge in [0, 0.05) is 23.7 Å². The summed E-state index contributed by atoms with van der Waals surface area (Å²) in [4.78, 5) is 30.7. The first-order valence-electron chi connectivity index (χ1n) is 11.9. The maximum absolute atomic E-state index is 13.5. The molecule has 0 aliphatic heterocycles. The molecule has 1 heterocycles. The monoisotopic (exact) mass is 559 g/mol. The second-order valence-electron chi connectivity index (χ2n) is 8.51. The summed E-state index contributed by atoms with van der Waals surface area (Å²) < 4.78 is 24.2. The maximum Gasteiger partial charge on any atom is 0.322 e. The number of hydrogen-bond acceptors (Lipinski definition) is 5. The minimum Gasteiger partial charge on any atom is -0.493 e. The fourth-order valence-corrected chi connectivity index (χ4v) is 4.85. The van der Waals surface area contributed by atoms with Gasteiger partial charge in [0.05, 0.1) is 25.8 Å². The molecule has 10 heteroatoms. The Hall–Kier alpha value is -3.56. The van der Waals surface area contributed by atoms with E-state index in [0.717, 1.165) is 16.0 Å². The molecule has 0 aliphatic carbocycles. The summed E-state index contributed by atoms with van der Waals surface area (Å²) in [5.74, 6) is 0.447. The van der Waals surface area contributed by atoms with Crippen molar-refractivity contribution in [3.8, 4) is 11.5 Å². The molecule has 1 aromatic heterocycles. The van der Waals surface area contributed by atoms with Crippen LogP contribution in [0.3, 0.4) is 0 Å². The highest BCUT2D eigenvalue weighted by molar-refractivity contribution is 7.10. The van der Waals surface area contributed by atoms with Gasteiger partial charge in [0.15, 0.2) is 11.5 Å². The number of halogens is 2. The van der Waals surface area contributed by atoms with Crippen LogP contribution in [0.5, 0.6) is 11.5 Å². The van der Waals surface area contributed by atoms with Crippen molar-refractivity contribution < 1.29 is 23.5 Å². The summed E-state index contributed by atoms with van der Waals surface area (Å²) in [6.07, 6.45) is 2.13. The number of benzene rings is 2. The Balaban J connectivity index is 1.76. The Kier molecular flexibility index (Phi) is 10.6. The highest BCUT2D eigenvalue weighted by atomic mass is 35.5. The normalized spacial score (nSPS) is 10.6. The van der Waals surface area contributed by atoms with E-state index in [9.17, 15) is 14.0 Å². The number of methoxy groups -OCH3 is 2. The Morgan fingerprint density at radius 2 is 1.87 bits per heavy atom. The van der Waals surface area contributed by atoms with Crippen LogP contribution in [0.25, 0.3) is 0 Å². The predicted molar refractivity (Wildman–Crippen MR) is 150 cm³/mol. The van der Waals surface area contributed by atoms with Crippen molar-refractivity contribution >= 4 is 40.6 Å². The zero-order valence-electron chi connectivity index (χ0n) is 21.6. The molecule has 0 bridgehead atoms. The number of carbonyl (C=O) groups excluding carboxylic acids is 2. The van der Waals surface area contributed by atoms with Crippen LogP contribution in [-0.4, -0.2) is 55.6 Å². The van der Waals surface area contributed by atoms with E-state index in [0.29, 0.717) is 36.7 Å². The lowest BCUT2D eigenvalue weighted by Crippen LogP contribution is -2.44. The van der Waals surface area contributed by atoms with Crippen molar-refractivity contribution in [3.63, 3.8) is 0 Å². The number of hydrogen-bond donors (Lipinski definition) is 1. The lowest BCUT2D eigenvalue weighted by Gasteiger charge is -2.27. The molecule has 3 aromatic rings. The van der Waals surface area contributed by atoms with Gasteiger partial charge in [-0.15, -0.1) is 17.9 Å². The molecule has 0 fully saturated rings. The second-order valence-corrected chi connectivity index (χ2v) is 9.92. The summed E-state index contributed by atoms with van der Waals surface area (Å²) in [5, 5.41) is 4.55. The quantitative estimate of drug-likeness (QED) is 0.270. The zero-order chi connectivity index (χ0) is 27.7. The lowest BCUT2D eigenvalue weighted by atomic mass is 10.1. The molecular weight excluding hydrogens is 529 g/mol. The van der Waals surface area contributed by atoms with Crippen molar-refractivity contribution in [1.82, 2.24) is 9.80 Å². The van der Waals surface area contributed by atoms with Crippen LogP contribution in [0.15, 0.2) is 60.5 Å². The summed E-state index contributed by atoms with van der Waals surface area (Å²) in [6.45, 7) is 6.56. The van der Waals surface area contributed by atoms with Gasteiger partial charge in [-0.2, -0.15) is 0 Å². The summed E-state index contributed by atoms with van der Waals surface area (Å²) in [6, 6.07) is 11.0. The van der Waals surface area contributed by atoms with Crippen LogP contribution in [0.4, 0.5) is 14.9 Å². The number of amides is 3. The molecule has 0 saturated heterocycles. The summed E-state index contributed by atoms with van der Waals surface area (Å²) >= 11 is 7.42. The largest absolute Gasteiger partial charge is 0.493 e. The van der Waals surface area contributed by atoms with E-state index in [1.54, 1.807) is 36.5 Å². The van der Waals surface area contributed by atoms with Crippen LogP contribution in [0.1, 0.15) is 16.0 Å². The topological polar surface area (TPSA) is 71.1 Å². The average Bonchev–Trinajstić information content (AvgIpc) is 3.31. The van der Waals surface area contributed by atoms with Gasteiger partial charge in [-0.25, -0.2) is 9.18 Å². The van der Waals surface area contributed by atoms with E-state index in [-0.39, 0.29) is 24.0 Å². The smallest absolute Gasteiger partial charge is 0.322 e. The highest BCUT2D eigenvalue weighted by Crippen LogP contribution is 2.28. The second kappa shape index (κ2) is 13.8. The standard InChI is InChI=1S/C28H31ClFN3O4S/c1-5-12-33(28(35)31-21-7-8-23(30)22(29)16-21)18-27(34)32(17-26-19(2)11-14-38-26)13-10-20-6-9-24(36-3)25(15-20)37-4/h5-9,11,14-16H,1,10,12-13,17-18H2,2-4H3,(H,31,35). The van der Waals surface area contributed by atoms with Crippen molar-refractivity contribution in [3.05, 3.63) is 87.3 Å². The molecular formula is C28H31ClFN3O4S. The van der Waals surface area contributed by atoms with E-state index >= 15 is 0 Å². The van der Waals surface area contributed by atoms with Crippen LogP contribution in [0, 0.1) is 12.7 Å². The van der Waals surface area contributed by atoms with Gasteiger partial charge < -0.3 is 24.6 Å². The number of carbonyl (C=O) groups is 2. The molecule has 3 rings (SSSR count). The molecule has 0 spiro atoms. The Labute approximate surface area is 231 Å². The van der Waals surface area contributed by atoms with E-state index in [4.69, 9.17) is 21.1 Å². The third-order valence-corrected chi connectivity index (χ3v) is 7.20. The maximum atomic E-state index is 13.5. The van der Waals surface area contributed by atoms with E-state index < -0.39 is 11.8 Å². The zero-order valence-corrected chi connectivity index (χ0v) is 23.2. The SMILES string of the molecule is C=CCN(CC(=O)N(CCc1ccc(OC)c(OC)c1)Cc1sccc1C)C(=O)Nc1ccc(F)c(Cl)c1. The fourth-order valence-electron chi connectivity index (χ4n) is 3.75. The molecule has 202 valence electrons. The fraction of sp³-hybridized carbons (Fsp3) is 0.286. The molecule has 2 aromatic carbocycles. The Morgan fingerprint density at radius 1 is 1.11 bits per heavy atom. The van der Waals surface area contributed by atoms with Gasteiger partial charge in [-0.05, 0) is 66.2 Å². The van der Waals surface area contributed by atoms with Gasteiger partial charge in [-0.3, -0.25) is 4.79 Å². The van der Waals surface area contributed by atoms with Crippen molar-refractivity contribution in [2.75, 3.05) is 39.2 Å². The number of aryl methyl sites for hydroxylation is 1. The molecule has 0 radical (unpaired) electrons. The molecule has 1 N–H and O–H groups in total. The van der Waals surface area contributed by atoms with Crippen LogP contribution < -0.4 is 14.8 Å². The lowest BCUT2D eigenvalue weighted by molar-refractivity contribution is -0.132. The minimum absolute atomic E-state index is 0.109. The molecule has 0 saturated carbocycles. The first kappa shape index (κ1) is 29.0. The highest BCUT2D eigenvalue weighted by Gasteiger charge is 2.22. The minimum atomic E-state index is -0.586. The van der Waals surface area contributed by atoms with E-state index in [1.807, 2.05) is 36.6 Å². The Morgan fingerprint density at radius 3 is 2.50 bits per heavy atom. The van der Waals surface area contributed by atoms with Crippen LogP contribution in [0.2, 0.25) is 5.02 Å². The van der Waals surface area contributed by atoms with Crippen LogP contribution >= 0.6 is 22.9 Å². The number of nitrogens with zero attached hydrogens (tertiary/aromatic N) is 2. The summed E-state index contributed by atoms with van der Waals surface area (Å²) in [5.41, 5.74) is 2.41. The third kappa shape index (κ3) is 7.72. The van der Waals surface area contributed by atoms with Gasteiger partial charge in [-0.1, -0.05) is 23.7 Å². The van der Waals surface area contributed by atoms with E-state index in [1.165, 1.54) is 23.1 Å². The van der Waals surface area contributed by atoms with Gasteiger partial charge >= 0.3 is 6.03 Å². The molecule has 0 atom stereocenters. The van der Waals surface area contributed by atoms with E-state index in [2.05, 4.69) is 11.9 Å². The number of anilines is 1. The first-order chi connectivity index (χ1) is 18.2. The molecule has 0 aliphatic rings.